The molecule has 1 amide bonds. The lowest BCUT2D eigenvalue weighted by Gasteiger charge is -2.37. The first kappa shape index (κ1) is 23.9. The maximum atomic E-state index is 13.7. The largest absolute Gasteiger partial charge is 0.357 e. The summed E-state index contributed by atoms with van der Waals surface area (Å²) in [5, 5.41) is 6.70. The summed E-state index contributed by atoms with van der Waals surface area (Å²) in [7, 11) is 0. The zero-order valence-electron chi connectivity index (χ0n) is 21.0. The van der Waals surface area contributed by atoms with E-state index in [2.05, 4.69) is 53.6 Å². The zero-order chi connectivity index (χ0) is 25.1. The predicted molar refractivity (Wildman–Crippen MR) is 145 cm³/mol. The van der Waals surface area contributed by atoms with E-state index in [-0.39, 0.29) is 29.7 Å². The van der Waals surface area contributed by atoms with Crippen LogP contribution >= 0.6 is 0 Å². The van der Waals surface area contributed by atoms with Crippen molar-refractivity contribution in [2.45, 2.75) is 39.2 Å². The summed E-state index contributed by atoms with van der Waals surface area (Å²) < 4.78 is 0. The molecule has 2 N–H and O–H groups in total. The Hall–Kier alpha value is -3.86. The summed E-state index contributed by atoms with van der Waals surface area (Å²) in [6.07, 6.45) is 2.04. The Morgan fingerprint density at radius 1 is 0.944 bits per heavy atom. The molecule has 5 nitrogen and oxygen atoms in total. The molecule has 0 saturated carbocycles. The van der Waals surface area contributed by atoms with Gasteiger partial charge in [-0.15, -0.1) is 0 Å². The minimum atomic E-state index is -0.346. The molecule has 1 aliphatic heterocycles. The number of para-hydroxylation sites is 2. The van der Waals surface area contributed by atoms with Crippen molar-refractivity contribution in [2.75, 3.05) is 23.3 Å². The van der Waals surface area contributed by atoms with Gasteiger partial charge in [-0.05, 0) is 41.5 Å². The number of allylic oxidation sites excluding steroid dienone is 1. The number of ketones is 1. The SMILES string of the molecule is CC1(C)CC(=O)C2=C(C1)Nc1ccccc1N(CC(=O)NCCc1ccccc1)C2c1ccccc1. The third-order valence-electron chi connectivity index (χ3n) is 7.01. The number of nitrogens with one attached hydrogen (secondary N) is 2. The molecule has 1 heterocycles. The molecule has 0 bridgehead atoms. The molecule has 5 heteroatoms. The molecule has 2 aliphatic rings. The molecule has 0 spiro atoms. The Balaban J connectivity index is 1.51. The molecule has 0 saturated heterocycles. The second kappa shape index (κ2) is 10.0. The molecule has 1 atom stereocenters. The van der Waals surface area contributed by atoms with Crippen LogP contribution in [0.1, 0.15) is 43.9 Å². The van der Waals surface area contributed by atoms with E-state index < -0.39 is 0 Å². The lowest BCUT2D eigenvalue weighted by Crippen LogP contribution is -2.42. The molecule has 0 aromatic heterocycles. The summed E-state index contributed by atoms with van der Waals surface area (Å²) in [6.45, 7) is 5.00. The highest BCUT2D eigenvalue weighted by molar-refractivity contribution is 6.01. The van der Waals surface area contributed by atoms with E-state index in [9.17, 15) is 9.59 Å². The van der Waals surface area contributed by atoms with Gasteiger partial charge in [-0.3, -0.25) is 9.59 Å². The van der Waals surface area contributed by atoms with Gasteiger partial charge < -0.3 is 15.5 Å². The maximum absolute atomic E-state index is 13.7. The van der Waals surface area contributed by atoms with E-state index >= 15 is 0 Å². The first-order chi connectivity index (χ1) is 17.4. The highest BCUT2D eigenvalue weighted by Gasteiger charge is 2.41. The number of fused-ring (bicyclic) bond motifs is 1. The molecular formula is C31H33N3O2. The maximum Gasteiger partial charge on any atom is 0.239 e. The summed E-state index contributed by atoms with van der Waals surface area (Å²) in [5.74, 6) is 0.0826. The van der Waals surface area contributed by atoms with E-state index in [1.807, 2.05) is 60.7 Å². The van der Waals surface area contributed by atoms with Gasteiger partial charge >= 0.3 is 0 Å². The summed E-state index contributed by atoms with van der Waals surface area (Å²) in [5.41, 5.74) is 5.65. The Bertz CT molecular complexity index is 1280. The molecule has 3 aromatic rings. The fourth-order valence-electron chi connectivity index (χ4n) is 5.41. The van der Waals surface area contributed by atoms with Crippen LogP contribution in [0.5, 0.6) is 0 Å². The second-order valence-electron chi connectivity index (χ2n) is 10.5. The number of rotatable bonds is 6. The lowest BCUT2D eigenvalue weighted by molar-refractivity contribution is -0.120. The molecule has 0 fully saturated rings. The van der Waals surface area contributed by atoms with Crippen molar-refractivity contribution < 1.29 is 9.59 Å². The number of nitrogens with zero attached hydrogens (tertiary/aromatic N) is 1. The summed E-state index contributed by atoms with van der Waals surface area (Å²) >= 11 is 0. The van der Waals surface area contributed by atoms with Crippen molar-refractivity contribution in [3.8, 4) is 0 Å². The predicted octanol–water partition coefficient (Wildman–Crippen LogP) is 5.66. The van der Waals surface area contributed by atoms with Gasteiger partial charge in [0.2, 0.25) is 5.91 Å². The highest BCUT2D eigenvalue weighted by atomic mass is 16.2. The van der Waals surface area contributed by atoms with Crippen LogP contribution in [0.3, 0.4) is 0 Å². The van der Waals surface area contributed by atoms with Crippen molar-refractivity contribution >= 4 is 23.1 Å². The van der Waals surface area contributed by atoms with Crippen LogP contribution in [0.15, 0.2) is 96.2 Å². The minimum Gasteiger partial charge on any atom is -0.357 e. The number of anilines is 2. The van der Waals surface area contributed by atoms with Crippen LogP contribution in [0.4, 0.5) is 11.4 Å². The quantitative estimate of drug-likeness (QED) is 0.479. The van der Waals surface area contributed by atoms with Gasteiger partial charge in [0.15, 0.2) is 5.78 Å². The van der Waals surface area contributed by atoms with Crippen molar-refractivity contribution in [1.29, 1.82) is 0 Å². The molecule has 5 rings (SSSR count). The average molecular weight is 480 g/mol. The van der Waals surface area contributed by atoms with Gasteiger partial charge in [0.05, 0.1) is 24.0 Å². The molecule has 1 unspecified atom stereocenters. The average Bonchev–Trinajstić information content (AvgIpc) is 2.99. The number of amides is 1. The zero-order valence-corrected chi connectivity index (χ0v) is 21.0. The first-order valence-corrected chi connectivity index (χ1v) is 12.7. The van der Waals surface area contributed by atoms with Gasteiger partial charge in [0.25, 0.3) is 0 Å². The van der Waals surface area contributed by atoms with Crippen LogP contribution in [0, 0.1) is 5.41 Å². The number of carbonyl (C=O) groups is 2. The van der Waals surface area contributed by atoms with Crippen molar-refractivity contribution in [2.24, 2.45) is 5.41 Å². The fraction of sp³-hybridized carbons (Fsp3) is 0.290. The molecular weight excluding hydrogens is 446 g/mol. The topological polar surface area (TPSA) is 61.4 Å². The van der Waals surface area contributed by atoms with Crippen LogP contribution in [0.25, 0.3) is 0 Å². The highest BCUT2D eigenvalue weighted by Crippen LogP contribution is 2.48. The Morgan fingerprint density at radius 3 is 2.36 bits per heavy atom. The van der Waals surface area contributed by atoms with E-state index in [0.717, 1.165) is 41.1 Å². The number of Topliss-reactive ketones (excluding diaryl/α,β-unsaturated/α-hetero) is 1. The van der Waals surface area contributed by atoms with Crippen molar-refractivity contribution in [3.05, 3.63) is 107 Å². The molecule has 184 valence electrons. The number of hydrogen-bond donors (Lipinski definition) is 2. The third kappa shape index (κ3) is 5.06. The van der Waals surface area contributed by atoms with Gasteiger partial charge in [-0.25, -0.2) is 0 Å². The molecule has 0 radical (unpaired) electrons. The number of carbonyl (C=O) groups excluding carboxylic acids is 2. The normalized spacial score (nSPS) is 18.6. The number of hydrogen-bond acceptors (Lipinski definition) is 4. The minimum absolute atomic E-state index is 0.0608. The molecule has 36 heavy (non-hydrogen) atoms. The second-order valence-corrected chi connectivity index (χ2v) is 10.5. The molecule has 3 aromatic carbocycles. The fourth-order valence-corrected chi connectivity index (χ4v) is 5.41. The Kier molecular flexibility index (Phi) is 6.64. The van der Waals surface area contributed by atoms with Crippen LogP contribution < -0.4 is 15.5 Å². The smallest absolute Gasteiger partial charge is 0.239 e. The summed E-state index contributed by atoms with van der Waals surface area (Å²) in [4.78, 5) is 29.0. The first-order valence-electron chi connectivity index (χ1n) is 12.7. The van der Waals surface area contributed by atoms with Gasteiger partial charge in [-0.1, -0.05) is 86.6 Å². The molecule has 1 aliphatic carbocycles. The summed E-state index contributed by atoms with van der Waals surface area (Å²) in [6, 6.07) is 27.9. The standard InChI is InChI=1S/C31H33N3O2/c1-31(2)19-25-29(27(35)20-31)30(23-13-7-4-8-14-23)34(26-16-10-9-15-24(26)33-25)21-28(36)32-18-17-22-11-5-3-6-12-22/h3-16,30,33H,17-21H2,1-2H3,(H,32,36). The van der Waals surface area contributed by atoms with E-state index in [4.69, 9.17) is 0 Å². The van der Waals surface area contributed by atoms with Gasteiger partial charge in [0, 0.05) is 24.2 Å². The van der Waals surface area contributed by atoms with Crippen molar-refractivity contribution in [1.82, 2.24) is 5.32 Å². The van der Waals surface area contributed by atoms with E-state index in [0.29, 0.717) is 13.0 Å². The number of benzene rings is 3. The van der Waals surface area contributed by atoms with Gasteiger partial charge in [-0.2, -0.15) is 0 Å². The van der Waals surface area contributed by atoms with Crippen LogP contribution in [0.2, 0.25) is 0 Å². The Morgan fingerprint density at radius 2 is 1.61 bits per heavy atom. The lowest BCUT2D eigenvalue weighted by atomic mass is 9.73. The van der Waals surface area contributed by atoms with Crippen LogP contribution in [-0.4, -0.2) is 24.8 Å². The van der Waals surface area contributed by atoms with E-state index in [1.165, 1.54) is 5.56 Å². The van der Waals surface area contributed by atoms with Crippen LogP contribution in [-0.2, 0) is 16.0 Å². The Labute approximate surface area is 213 Å². The third-order valence-corrected chi connectivity index (χ3v) is 7.01. The van der Waals surface area contributed by atoms with E-state index in [1.54, 1.807) is 0 Å². The van der Waals surface area contributed by atoms with Gasteiger partial charge in [0.1, 0.15) is 0 Å². The monoisotopic (exact) mass is 479 g/mol. The van der Waals surface area contributed by atoms with Crippen molar-refractivity contribution in [3.63, 3.8) is 0 Å².